The molecular formula is C34H62NO3+. The average molecular weight is 533 g/mol. The number of aromatic nitrogens is 1. The third kappa shape index (κ3) is 21.5. The molecule has 38 heavy (non-hydrogen) atoms. The van der Waals surface area contributed by atoms with Gasteiger partial charge in [-0.05, 0) is 38.2 Å². The van der Waals surface area contributed by atoms with E-state index in [4.69, 9.17) is 9.47 Å². The summed E-state index contributed by atoms with van der Waals surface area (Å²) in [5.41, 5.74) is 1.28. The topological polar surface area (TPSA) is 39.4 Å². The highest BCUT2D eigenvalue weighted by Crippen LogP contribution is 2.14. The third-order valence-electron chi connectivity index (χ3n) is 7.53. The Labute approximate surface area is 236 Å². The summed E-state index contributed by atoms with van der Waals surface area (Å²) in [7, 11) is 0. The van der Waals surface area contributed by atoms with Gasteiger partial charge in [-0.2, -0.15) is 0 Å². The van der Waals surface area contributed by atoms with Gasteiger partial charge in [0.15, 0.2) is 12.4 Å². The van der Waals surface area contributed by atoms with E-state index in [1.165, 1.54) is 89.0 Å². The Hall–Kier alpha value is -1.42. The molecule has 1 aromatic rings. The van der Waals surface area contributed by atoms with Crippen molar-refractivity contribution in [3.63, 3.8) is 0 Å². The smallest absolute Gasteiger partial charge is 0.305 e. The van der Waals surface area contributed by atoms with Gasteiger partial charge in [-0.25, -0.2) is 4.57 Å². The van der Waals surface area contributed by atoms with E-state index in [1.807, 2.05) is 0 Å². The van der Waals surface area contributed by atoms with Gasteiger partial charge in [0.1, 0.15) is 6.54 Å². The minimum absolute atomic E-state index is 0.0546. The fourth-order valence-electron chi connectivity index (χ4n) is 4.98. The van der Waals surface area contributed by atoms with Gasteiger partial charge >= 0.3 is 5.97 Å². The first-order chi connectivity index (χ1) is 18.7. The first kappa shape index (κ1) is 34.6. The number of esters is 1. The molecule has 0 spiro atoms. The molecular weight excluding hydrogens is 470 g/mol. The van der Waals surface area contributed by atoms with Crippen LogP contribution in [0.5, 0.6) is 0 Å². The number of aryl methyl sites for hydroxylation is 2. The van der Waals surface area contributed by atoms with Crippen molar-refractivity contribution < 1.29 is 18.8 Å². The standard InChI is InChI=1S/C34H62NO3/c1-4-6-7-8-9-10-11-12-13-14-15-16-17-21-29-37-30-33(22-5-2)31-38-34(36)23-19-18-20-26-35-27-24-32(3)25-28-35/h24-25,27-28,33H,4-23,26,29-31H2,1-3H3/q+1. The fraction of sp³-hybridized carbons (Fsp3) is 0.824. The van der Waals surface area contributed by atoms with Crippen LogP contribution in [-0.4, -0.2) is 25.8 Å². The van der Waals surface area contributed by atoms with Gasteiger partial charge in [-0.15, -0.1) is 0 Å². The molecule has 0 N–H and O–H groups in total. The number of nitrogens with zero attached hydrogens (tertiary/aromatic N) is 1. The van der Waals surface area contributed by atoms with Gasteiger partial charge in [0.05, 0.1) is 13.2 Å². The SMILES string of the molecule is CCCCCCCCCCCCCCCCOCC(CCC)COC(=O)CCCCC[n+]1ccc(C)cc1. The molecule has 0 aliphatic carbocycles. The largest absolute Gasteiger partial charge is 0.465 e. The molecule has 4 nitrogen and oxygen atoms in total. The molecule has 4 heteroatoms. The van der Waals surface area contributed by atoms with E-state index in [1.54, 1.807) is 0 Å². The molecule has 1 aromatic heterocycles. The maximum absolute atomic E-state index is 12.2. The van der Waals surface area contributed by atoms with E-state index in [-0.39, 0.29) is 5.97 Å². The minimum atomic E-state index is -0.0546. The van der Waals surface area contributed by atoms with Crippen molar-refractivity contribution in [2.45, 2.75) is 156 Å². The van der Waals surface area contributed by atoms with Crippen LogP contribution in [0, 0.1) is 12.8 Å². The molecule has 1 atom stereocenters. The van der Waals surface area contributed by atoms with Crippen molar-refractivity contribution in [1.29, 1.82) is 0 Å². The summed E-state index contributed by atoms with van der Waals surface area (Å²) < 4.78 is 13.8. The summed E-state index contributed by atoms with van der Waals surface area (Å²) in [6.45, 7) is 9.64. The molecule has 1 heterocycles. The molecule has 220 valence electrons. The second-order valence-electron chi connectivity index (χ2n) is 11.4. The Morgan fingerprint density at radius 2 is 1.26 bits per heavy atom. The summed E-state index contributed by atoms with van der Waals surface area (Å²) in [5.74, 6) is 0.273. The van der Waals surface area contributed by atoms with Crippen LogP contribution in [0.3, 0.4) is 0 Å². The summed E-state index contributed by atoms with van der Waals surface area (Å²) in [6, 6.07) is 4.27. The highest BCUT2D eigenvalue weighted by molar-refractivity contribution is 5.69. The second-order valence-corrected chi connectivity index (χ2v) is 11.4. The number of carbonyl (C=O) groups is 1. The zero-order valence-corrected chi connectivity index (χ0v) is 25.5. The monoisotopic (exact) mass is 532 g/mol. The predicted octanol–water partition coefficient (Wildman–Crippen LogP) is 9.30. The molecule has 0 fully saturated rings. The van der Waals surface area contributed by atoms with Gasteiger partial charge in [-0.3, -0.25) is 4.79 Å². The number of carbonyl (C=O) groups excluding carboxylic acids is 1. The Morgan fingerprint density at radius 1 is 0.711 bits per heavy atom. The molecule has 0 amide bonds. The maximum Gasteiger partial charge on any atom is 0.305 e. The third-order valence-corrected chi connectivity index (χ3v) is 7.53. The van der Waals surface area contributed by atoms with E-state index >= 15 is 0 Å². The van der Waals surface area contributed by atoms with Crippen LogP contribution >= 0.6 is 0 Å². The van der Waals surface area contributed by atoms with Crippen molar-refractivity contribution >= 4 is 5.97 Å². The normalized spacial score (nSPS) is 12.1. The predicted molar refractivity (Wildman–Crippen MR) is 160 cm³/mol. The van der Waals surface area contributed by atoms with Gasteiger partial charge in [0, 0.05) is 37.5 Å². The zero-order valence-electron chi connectivity index (χ0n) is 25.5. The fourth-order valence-corrected chi connectivity index (χ4v) is 4.98. The van der Waals surface area contributed by atoms with Crippen LogP contribution in [0.15, 0.2) is 24.5 Å². The number of ether oxygens (including phenoxy) is 2. The lowest BCUT2D eigenvalue weighted by Gasteiger charge is -2.16. The van der Waals surface area contributed by atoms with E-state index in [0.717, 1.165) is 51.7 Å². The van der Waals surface area contributed by atoms with E-state index in [0.29, 0.717) is 25.6 Å². The van der Waals surface area contributed by atoms with E-state index < -0.39 is 0 Å². The van der Waals surface area contributed by atoms with Crippen molar-refractivity contribution in [1.82, 2.24) is 0 Å². The minimum Gasteiger partial charge on any atom is -0.465 e. The summed E-state index contributed by atoms with van der Waals surface area (Å²) in [4.78, 5) is 12.2. The lowest BCUT2D eigenvalue weighted by molar-refractivity contribution is -0.697. The van der Waals surface area contributed by atoms with E-state index in [9.17, 15) is 4.79 Å². The lowest BCUT2D eigenvalue weighted by atomic mass is 10.0. The first-order valence-corrected chi connectivity index (χ1v) is 16.3. The highest BCUT2D eigenvalue weighted by Gasteiger charge is 2.12. The summed E-state index contributed by atoms with van der Waals surface area (Å²) in [6.07, 6.45) is 29.3. The molecule has 0 radical (unpaired) electrons. The Balaban J connectivity index is 1.92. The molecule has 0 aliphatic heterocycles. The molecule has 0 aromatic carbocycles. The van der Waals surface area contributed by atoms with Crippen molar-refractivity contribution in [2.24, 2.45) is 5.92 Å². The maximum atomic E-state index is 12.2. The van der Waals surface area contributed by atoms with Crippen LogP contribution in [0.25, 0.3) is 0 Å². The Kier molecular flexibility index (Phi) is 23.5. The number of unbranched alkanes of at least 4 members (excludes halogenated alkanes) is 15. The molecule has 0 aliphatic rings. The molecule has 0 bridgehead atoms. The number of pyridine rings is 1. The first-order valence-electron chi connectivity index (χ1n) is 16.3. The summed E-state index contributed by atoms with van der Waals surface area (Å²) >= 11 is 0. The van der Waals surface area contributed by atoms with Crippen molar-refractivity contribution in [3.05, 3.63) is 30.1 Å². The van der Waals surface area contributed by atoms with Crippen LogP contribution in [-0.2, 0) is 20.8 Å². The van der Waals surface area contributed by atoms with Gasteiger partial charge < -0.3 is 9.47 Å². The number of rotatable bonds is 27. The quantitative estimate of drug-likeness (QED) is 0.0644. The lowest BCUT2D eigenvalue weighted by Crippen LogP contribution is -2.32. The summed E-state index contributed by atoms with van der Waals surface area (Å²) in [5, 5.41) is 0. The number of hydrogen-bond acceptors (Lipinski definition) is 3. The Morgan fingerprint density at radius 3 is 1.84 bits per heavy atom. The highest BCUT2D eigenvalue weighted by atomic mass is 16.5. The van der Waals surface area contributed by atoms with Gasteiger partial charge in [-0.1, -0.05) is 104 Å². The van der Waals surface area contributed by atoms with Crippen LogP contribution < -0.4 is 4.57 Å². The van der Waals surface area contributed by atoms with Crippen molar-refractivity contribution in [2.75, 3.05) is 19.8 Å². The second kappa shape index (κ2) is 25.8. The Bertz CT molecular complexity index is 646. The van der Waals surface area contributed by atoms with Gasteiger partial charge in [0.25, 0.3) is 0 Å². The molecule has 0 saturated carbocycles. The van der Waals surface area contributed by atoms with Crippen molar-refractivity contribution in [3.8, 4) is 0 Å². The number of hydrogen-bond donors (Lipinski definition) is 0. The van der Waals surface area contributed by atoms with Gasteiger partial charge in [0.2, 0.25) is 0 Å². The molecule has 0 saturated heterocycles. The molecule has 1 unspecified atom stereocenters. The van der Waals surface area contributed by atoms with E-state index in [2.05, 4.69) is 49.9 Å². The zero-order chi connectivity index (χ0) is 27.5. The molecule has 1 rings (SSSR count). The van der Waals surface area contributed by atoms with Crippen LogP contribution in [0.1, 0.15) is 148 Å². The van der Waals surface area contributed by atoms with Crippen LogP contribution in [0.2, 0.25) is 0 Å². The van der Waals surface area contributed by atoms with Crippen LogP contribution in [0.4, 0.5) is 0 Å². The average Bonchev–Trinajstić information content (AvgIpc) is 2.92.